The van der Waals surface area contributed by atoms with E-state index in [1.54, 1.807) is 10.5 Å². The fraction of sp³-hybridized carbons (Fsp3) is 0.421. The Kier molecular flexibility index (Phi) is 5.03. The van der Waals surface area contributed by atoms with Crippen LogP contribution in [0.5, 0.6) is 11.6 Å². The number of benzene rings is 1. The Hall–Kier alpha value is -2.16. The second kappa shape index (κ2) is 7.46. The number of pyridine rings is 1. The summed E-state index contributed by atoms with van der Waals surface area (Å²) in [5.74, 6) is 1.21. The van der Waals surface area contributed by atoms with Crippen molar-refractivity contribution in [3.63, 3.8) is 0 Å². The number of nitrogens with zero attached hydrogens (tertiary/aromatic N) is 3. The van der Waals surface area contributed by atoms with Crippen molar-refractivity contribution in [2.45, 2.75) is 12.6 Å². The summed E-state index contributed by atoms with van der Waals surface area (Å²) in [6.45, 7) is 3.86. The lowest BCUT2D eigenvalue weighted by Gasteiger charge is -2.33. The Morgan fingerprint density at radius 1 is 1.11 bits per heavy atom. The van der Waals surface area contributed by atoms with Crippen LogP contribution in [0.15, 0.2) is 42.6 Å². The van der Waals surface area contributed by atoms with Gasteiger partial charge in [0, 0.05) is 38.9 Å². The number of fused-ring (bicyclic) bond motifs is 1. The predicted octanol–water partition coefficient (Wildman–Crippen LogP) is 1.67. The third-order valence-electron chi connectivity index (χ3n) is 4.93. The van der Waals surface area contributed by atoms with Gasteiger partial charge in [0.15, 0.2) is 11.9 Å². The summed E-state index contributed by atoms with van der Waals surface area (Å²) in [6, 6.07) is 12.0. The molecule has 144 valence electrons. The Morgan fingerprint density at radius 3 is 2.56 bits per heavy atom. The summed E-state index contributed by atoms with van der Waals surface area (Å²) in [6.07, 6.45) is 2.81. The first kappa shape index (κ1) is 18.2. The van der Waals surface area contributed by atoms with E-state index in [-0.39, 0.29) is 6.10 Å². The highest BCUT2D eigenvalue weighted by Gasteiger charge is 2.24. The van der Waals surface area contributed by atoms with Crippen LogP contribution in [0.4, 0.5) is 0 Å². The highest BCUT2D eigenvalue weighted by molar-refractivity contribution is 7.88. The third-order valence-corrected chi connectivity index (χ3v) is 6.24. The van der Waals surface area contributed by atoms with Gasteiger partial charge in [0.2, 0.25) is 10.0 Å². The first-order chi connectivity index (χ1) is 13.0. The van der Waals surface area contributed by atoms with E-state index in [1.165, 1.54) is 11.8 Å². The van der Waals surface area contributed by atoms with Crippen LogP contribution in [-0.2, 0) is 16.6 Å². The number of hydrogen-bond donors (Lipinski definition) is 0. The van der Waals surface area contributed by atoms with Crippen LogP contribution in [0.2, 0.25) is 0 Å². The van der Waals surface area contributed by atoms with E-state index in [1.807, 2.05) is 12.1 Å². The molecule has 2 aromatic rings. The van der Waals surface area contributed by atoms with Crippen LogP contribution in [-0.4, -0.2) is 61.6 Å². The molecular weight excluding hydrogens is 366 g/mol. The first-order valence-corrected chi connectivity index (χ1v) is 10.8. The van der Waals surface area contributed by atoms with E-state index in [2.05, 4.69) is 34.1 Å². The molecule has 1 atom stereocenters. The number of rotatable bonds is 4. The second-order valence-corrected chi connectivity index (χ2v) is 8.89. The summed E-state index contributed by atoms with van der Waals surface area (Å²) in [5.41, 5.74) is 2.26. The van der Waals surface area contributed by atoms with E-state index in [9.17, 15) is 8.42 Å². The van der Waals surface area contributed by atoms with Gasteiger partial charge < -0.3 is 9.47 Å². The molecule has 1 aromatic carbocycles. The monoisotopic (exact) mass is 389 g/mol. The van der Waals surface area contributed by atoms with Crippen LogP contribution < -0.4 is 9.47 Å². The van der Waals surface area contributed by atoms with E-state index in [4.69, 9.17) is 9.47 Å². The molecule has 0 saturated carbocycles. The van der Waals surface area contributed by atoms with Crippen LogP contribution in [0.1, 0.15) is 17.2 Å². The van der Waals surface area contributed by atoms with Gasteiger partial charge in [-0.15, -0.1) is 0 Å². The largest absolute Gasteiger partial charge is 0.476 e. The molecule has 0 N–H and O–H groups in total. The molecule has 0 bridgehead atoms. The summed E-state index contributed by atoms with van der Waals surface area (Å²) in [7, 11) is -3.08. The van der Waals surface area contributed by atoms with Gasteiger partial charge in [-0.2, -0.15) is 4.31 Å². The van der Waals surface area contributed by atoms with Crippen LogP contribution in [0, 0.1) is 0 Å². The zero-order chi connectivity index (χ0) is 18.9. The highest BCUT2D eigenvalue weighted by atomic mass is 32.2. The molecule has 1 unspecified atom stereocenters. The minimum atomic E-state index is -3.08. The van der Waals surface area contributed by atoms with Gasteiger partial charge in [0.05, 0.1) is 6.26 Å². The van der Waals surface area contributed by atoms with Crippen molar-refractivity contribution in [3.8, 4) is 11.6 Å². The van der Waals surface area contributed by atoms with E-state index < -0.39 is 10.0 Å². The molecule has 1 fully saturated rings. The van der Waals surface area contributed by atoms with Crippen molar-refractivity contribution in [3.05, 3.63) is 53.7 Å². The van der Waals surface area contributed by atoms with Gasteiger partial charge in [-0.1, -0.05) is 24.3 Å². The zero-order valence-corrected chi connectivity index (χ0v) is 16.1. The molecule has 8 heteroatoms. The average molecular weight is 389 g/mol. The molecule has 2 aliphatic heterocycles. The lowest BCUT2D eigenvalue weighted by Crippen LogP contribution is -2.47. The van der Waals surface area contributed by atoms with Gasteiger partial charge in [-0.3, -0.25) is 4.90 Å². The molecule has 0 amide bonds. The topological polar surface area (TPSA) is 72.0 Å². The number of piperazine rings is 1. The van der Waals surface area contributed by atoms with Gasteiger partial charge in [0.25, 0.3) is 5.88 Å². The smallest absolute Gasteiger partial charge is 0.257 e. The Bertz CT molecular complexity index is 893. The Balaban J connectivity index is 1.35. The maximum Gasteiger partial charge on any atom is 0.257 e. The maximum absolute atomic E-state index is 11.6. The normalized spacial score (nSPS) is 21.1. The lowest BCUT2D eigenvalue weighted by molar-refractivity contribution is 0.0863. The standard InChI is InChI=1S/C19H23N3O4S/c1-27(23,24)22-11-9-21(10-12-22)13-15-4-6-16(7-5-15)18-14-25-19-17(26-18)3-2-8-20-19/h2-8,18H,9-14H2,1H3. The van der Waals surface area contributed by atoms with Gasteiger partial charge in [-0.25, -0.2) is 13.4 Å². The van der Waals surface area contributed by atoms with Crippen molar-refractivity contribution >= 4 is 10.0 Å². The summed E-state index contributed by atoms with van der Waals surface area (Å²) in [5, 5.41) is 0. The summed E-state index contributed by atoms with van der Waals surface area (Å²) in [4.78, 5) is 6.43. The molecular formula is C19H23N3O4S. The van der Waals surface area contributed by atoms with Gasteiger partial charge >= 0.3 is 0 Å². The van der Waals surface area contributed by atoms with E-state index in [0.29, 0.717) is 31.3 Å². The number of sulfonamides is 1. The maximum atomic E-state index is 11.6. The van der Waals surface area contributed by atoms with E-state index >= 15 is 0 Å². The highest BCUT2D eigenvalue weighted by Crippen LogP contribution is 2.34. The van der Waals surface area contributed by atoms with Crippen LogP contribution in [0.3, 0.4) is 0 Å². The van der Waals surface area contributed by atoms with Crippen molar-refractivity contribution in [1.82, 2.24) is 14.2 Å². The number of aromatic nitrogens is 1. The molecule has 7 nitrogen and oxygen atoms in total. The first-order valence-electron chi connectivity index (χ1n) is 9.00. The minimum Gasteiger partial charge on any atom is -0.476 e. The van der Waals surface area contributed by atoms with Crippen LogP contribution in [0.25, 0.3) is 0 Å². The third kappa shape index (κ3) is 4.23. The molecule has 4 rings (SSSR count). The predicted molar refractivity (Wildman–Crippen MR) is 101 cm³/mol. The second-order valence-electron chi connectivity index (χ2n) is 6.90. The Morgan fingerprint density at radius 2 is 1.85 bits per heavy atom. The molecule has 27 heavy (non-hydrogen) atoms. The lowest BCUT2D eigenvalue weighted by atomic mass is 10.1. The molecule has 1 aromatic heterocycles. The minimum absolute atomic E-state index is 0.144. The van der Waals surface area contributed by atoms with Crippen molar-refractivity contribution in [2.75, 3.05) is 39.0 Å². The van der Waals surface area contributed by atoms with Crippen molar-refractivity contribution < 1.29 is 17.9 Å². The van der Waals surface area contributed by atoms with Gasteiger partial charge in [-0.05, 0) is 23.3 Å². The zero-order valence-electron chi connectivity index (χ0n) is 15.2. The van der Waals surface area contributed by atoms with Crippen LogP contribution >= 0.6 is 0 Å². The molecule has 0 radical (unpaired) electrons. The molecule has 0 aliphatic carbocycles. The van der Waals surface area contributed by atoms with E-state index in [0.717, 1.165) is 25.2 Å². The van der Waals surface area contributed by atoms with Gasteiger partial charge in [0.1, 0.15) is 6.61 Å². The number of ether oxygens (including phenoxy) is 2. The fourth-order valence-corrected chi connectivity index (χ4v) is 4.22. The summed E-state index contributed by atoms with van der Waals surface area (Å²) >= 11 is 0. The quantitative estimate of drug-likeness (QED) is 0.792. The summed E-state index contributed by atoms with van der Waals surface area (Å²) < 4.78 is 36.4. The molecule has 2 aliphatic rings. The fourth-order valence-electron chi connectivity index (χ4n) is 3.40. The average Bonchev–Trinajstić information content (AvgIpc) is 2.68. The molecule has 1 saturated heterocycles. The molecule has 0 spiro atoms. The van der Waals surface area contributed by atoms with Crippen molar-refractivity contribution in [2.24, 2.45) is 0 Å². The Labute approximate surface area is 159 Å². The molecule has 3 heterocycles. The number of hydrogen-bond acceptors (Lipinski definition) is 6. The SMILES string of the molecule is CS(=O)(=O)N1CCN(Cc2ccc(C3COc4ncccc4O3)cc2)CC1. The van der Waals surface area contributed by atoms with Crippen molar-refractivity contribution in [1.29, 1.82) is 0 Å².